The summed E-state index contributed by atoms with van der Waals surface area (Å²) in [4.78, 5) is 4.25. The molecule has 1 heterocycles. The van der Waals surface area contributed by atoms with Crippen molar-refractivity contribution in [2.24, 2.45) is 4.99 Å². The van der Waals surface area contributed by atoms with E-state index in [9.17, 15) is 0 Å². The van der Waals surface area contributed by atoms with E-state index < -0.39 is 0 Å². The van der Waals surface area contributed by atoms with Gasteiger partial charge in [0.05, 0.1) is 12.7 Å². The number of hydrogen-bond donors (Lipinski definition) is 2. The predicted molar refractivity (Wildman–Crippen MR) is 111 cm³/mol. The van der Waals surface area contributed by atoms with Crippen molar-refractivity contribution in [2.45, 2.75) is 31.9 Å². The van der Waals surface area contributed by atoms with Crippen molar-refractivity contribution in [2.75, 3.05) is 40.5 Å². The normalized spacial score (nSPS) is 17.0. The quantitative estimate of drug-likeness (QED) is 0.255. The molecule has 0 spiro atoms. The molecule has 0 radical (unpaired) electrons. The minimum atomic E-state index is 0. The van der Waals surface area contributed by atoms with E-state index in [1.807, 2.05) is 18.2 Å². The monoisotopic (exact) mass is 463 g/mol. The molecular weight excluding hydrogens is 433 g/mol. The molecule has 1 aliphatic heterocycles. The Morgan fingerprint density at radius 2 is 2.20 bits per heavy atom. The van der Waals surface area contributed by atoms with Crippen molar-refractivity contribution >= 4 is 29.9 Å². The molecule has 1 aromatic rings. The lowest BCUT2D eigenvalue weighted by molar-refractivity contribution is 0.114. The summed E-state index contributed by atoms with van der Waals surface area (Å²) in [7, 11) is 3.48. The Morgan fingerprint density at radius 1 is 1.32 bits per heavy atom. The summed E-state index contributed by atoms with van der Waals surface area (Å²) in [5.74, 6) is 1.67. The first-order valence-corrected chi connectivity index (χ1v) is 8.58. The van der Waals surface area contributed by atoms with E-state index in [-0.39, 0.29) is 24.0 Å². The predicted octanol–water partition coefficient (Wildman–Crippen LogP) is 2.56. The van der Waals surface area contributed by atoms with Crippen LogP contribution < -0.4 is 15.4 Å². The summed E-state index contributed by atoms with van der Waals surface area (Å²) in [6.07, 6.45) is 3.45. The minimum absolute atomic E-state index is 0. The van der Waals surface area contributed by atoms with Crippen LogP contribution in [0.2, 0.25) is 0 Å². The molecule has 0 saturated carbocycles. The zero-order valence-electron chi connectivity index (χ0n) is 15.1. The Bertz CT molecular complexity index is 508. The van der Waals surface area contributed by atoms with E-state index in [4.69, 9.17) is 14.2 Å². The lowest BCUT2D eigenvalue weighted by Gasteiger charge is -2.15. The van der Waals surface area contributed by atoms with Gasteiger partial charge in [0.15, 0.2) is 5.96 Å². The van der Waals surface area contributed by atoms with E-state index in [1.165, 1.54) is 0 Å². The zero-order chi connectivity index (χ0) is 17.0. The van der Waals surface area contributed by atoms with Gasteiger partial charge in [0.2, 0.25) is 0 Å². The highest BCUT2D eigenvalue weighted by Crippen LogP contribution is 2.13. The molecule has 0 aromatic heterocycles. The van der Waals surface area contributed by atoms with Gasteiger partial charge in [0.1, 0.15) is 5.75 Å². The first-order valence-electron chi connectivity index (χ1n) is 8.58. The average molecular weight is 463 g/mol. The molecule has 25 heavy (non-hydrogen) atoms. The summed E-state index contributed by atoms with van der Waals surface area (Å²) < 4.78 is 16.4. The van der Waals surface area contributed by atoms with Gasteiger partial charge in [0.25, 0.3) is 0 Å². The van der Waals surface area contributed by atoms with Crippen LogP contribution in [-0.2, 0) is 16.0 Å². The lowest BCUT2D eigenvalue weighted by Crippen LogP contribution is -2.40. The molecule has 0 amide bonds. The smallest absolute Gasteiger partial charge is 0.191 e. The van der Waals surface area contributed by atoms with Crippen LogP contribution in [0.15, 0.2) is 29.3 Å². The van der Waals surface area contributed by atoms with Crippen molar-refractivity contribution < 1.29 is 14.2 Å². The number of rotatable bonds is 9. The van der Waals surface area contributed by atoms with Gasteiger partial charge in [-0.05, 0) is 30.5 Å². The summed E-state index contributed by atoms with van der Waals surface area (Å²) >= 11 is 0. The maximum Gasteiger partial charge on any atom is 0.191 e. The van der Waals surface area contributed by atoms with Gasteiger partial charge in [0, 0.05) is 46.9 Å². The van der Waals surface area contributed by atoms with Crippen LogP contribution in [0.4, 0.5) is 0 Å². The van der Waals surface area contributed by atoms with Crippen LogP contribution in [-0.4, -0.2) is 52.6 Å². The highest BCUT2D eigenvalue weighted by atomic mass is 127. The van der Waals surface area contributed by atoms with Gasteiger partial charge < -0.3 is 24.8 Å². The molecule has 2 N–H and O–H groups in total. The SMILES string of the molecule is CN=C(NCc1cccc(OCCCOC)c1)NCC1CCCO1.I. The molecule has 1 saturated heterocycles. The van der Waals surface area contributed by atoms with Crippen LogP contribution in [0.25, 0.3) is 0 Å². The number of methoxy groups -OCH3 is 1. The standard InChI is InChI=1S/C18H29N3O3.HI/c1-19-18(21-14-17-8-4-10-24-17)20-13-15-6-3-7-16(12-15)23-11-5-9-22-2;/h3,6-7,12,17H,4-5,8-11,13-14H2,1-2H3,(H2,19,20,21);1H. The van der Waals surface area contributed by atoms with Crippen molar-refractivity contribution in [1.29, 1.82) is 0 Å². The Kier molecular flexibility index (Phi) is 11.6. The summed E-state index contributed by atoms with van der Waals surface area (Å²) in [5, 5.41) is 6.63. The van der Waals surface area contributed by atoms with Crippen molar-refractivity contribution in [3.8, 4) is 5.75 Å². The highest BCUT2D eigenvalue weighted by molar-refractivity contribution is 14.0. The van der Waals surface area contributed by atoms with Gasteiger partial charge >= 0.3 is 0 Å². The van der Waals surface area contributed by atoms with Crippen LogP contribution >= 0.6 is 24.0 Å². The third-order valence-electron chi connectivity index (χ3n) is 3.86. The first kappa shape index (κ1) is 22.0. The molecular formula is C18H30IN3O3. The Labute approximate surface area is 167 Å². The van der Waals surface area contributed by atoms with Gasteiger partial charge in [-0.3, -0.25) is 4.99 Å². The fourth-order valence-electron chi connectivity index (χ4n) is 2.56. The van der Waals surface area contributed by atoms with E-state index in [2.05, 4.69) is 21.7 Å². The lowest BCUT2D eigenvalue weighted by atomic mass is 10.2. The molecule has 1 fully saturated rings. The summed E-state index contributed by atoms with van der Waals surface area (Å²) in [5.41, 5.74) is 1.15. The first-order chi connectivity index (χ1) is 11.8. The number of aliphatic imine (C=N–C) groups is 1. The zero-order valence-corrected chi connectivity index (χ0v) is 17.5. The van der Waals surface area contributed by atoms with Crippen LogP contribution in [0.3, 0.4) is 0 Å². The van der Waals surface area contributed by atoms with Crippen LogP contribution in [0.1, 0.15) is 24.8 Å². The molecule has 1 atom stereocenters. The summed E-state index contributed by atoms with van der Waals surface area (Å²) in [6, 6.07) is 8.10. The fourth-order valence-corrected chi connectivity index (χ4v) is 2.56. The minimum Gasteiger partial charge on any atom is -0.493 e. The number of hydrogen-bond acceptors (Lipinski definition) is 4. The highest BCUT2D eigenvalue weighted by Gasteiger charge is 2.15. The maximum atomic E-state index is 5.73. The van der Waals surface area contributed by atoms with Crippen LogP contribution in [0, 0.1) is 0 Å². The van der Waals surface area contributed by atoms with Crippen LogP contribution in [0.5, 0.6) is 5.75 Å². The largest absolute Gasteiger partial charge is 0.493 e. The average Bonchev–Trinajstić information content (AvgIpc) is 3.13. The molecule has 7 heteroatoms. The summed E-state index contributed by atoms with van der Waals surface area (Å²) in [6.45, 7) is 3.74. The number of nitrogens with zero attached hydrogens (tertiary/aromatic N) is 1. The third-order valence-corrected chi connectivity index (χ3v) is 3.86. The van der Waals surface area contributed by atoms with E-state index in [1.54, 1.807) is 14.2 Å². The van der Waals surface area contributed by atoms with Crippen molar-refractivity contribution in [3.05, 3.63) is 29.8 Å². The second-order valence-electron chi connectivity index (χ2n) is 5.78. The second-order valence-corrected chi connectivity index (χ2v) is 5.78. The Hall–Kier alpha value is -1.06. The molecule has 0 aliphatic carbocycles. The second kappa shape index (κ2) is 13.2. The van der Waals surface area contributed by atoms with Gasteiger partial charge in [-0.1, -0.05) is 12.1 Å². The maximum absolute atomic E-state index is 5.73. The number of guanidine groups is 1. The molecule has 142 valence electrons. The molecule has 1 aliphatic rings. The Balaban J connectivity index is 0.00000312. The number of nitrogens with one attached hydrogen (secondary N) is 2. The Morgan fingerprint density at radius 3 is 2.92 bits per heavy atom. The number of benzene rings is 1. The topological polar surface area (TPSA) is 64.1 Å². The number of halogens is 1. The van der Waals surface area contributed by atoms with E-state index in [0.29, 0.717) is 25.9 Å². The van der Waals surface area contributed by atoms with Gasteiger partial charge in [-0.2, -0.15) is 0 Å². The molecule has 1 aromatic carbocycles. The van der Waals surface area contributed by atoms with Crippen molar-refractivity contribution in [3.63, 3.8) is 0 Å². The van der Waals surface area contributed by atoms with E-state index >= 15 is 0 Å². The molecule has 0 bridgehead atoms. The molecule has 1 unspecified atom stereocenters. The molecule has 6 nitrogen and oxygen atoms in total. The molecule has 2 rings (SSSR count). The van der Waals surface area contributed by atoms with Gasteiger partial charge in [-0.15, -0.1) is 24.0 Å². The van der Waals surface area contributed by atoms with Crippen molar-refractivity contribution in [1.82, 2.24) is 10.6 Å². The van der Waals surface area contributed by atoms with Gasteiger partial charge in [-0.25, -0.2) is 0 Å². The van der Waals surface area contributed by atoms with E-state index in [0.717, 1.165) is 49.7 Å². The third kappa shape index (κ3) is 8.73. The number of ether oxygens (including phenoxy) is 3. The fraction of sp³-hybridized carbons (Fsp3) is 0.611.